The molecule has 1 aromatic carbocycles. The monoisotopic (exact) mass is 244 g/mol. The second-order valence-corrected chi connectivity index (χ2v) is 6.64. The molecule has 1 saturated carbocycles. The third-order valence-electron chi connectivity index (χ3n) is 5.01. The third kappa shape index (κ3) is 1.93. The van der Waals surface area contributed by atoms with Crippen molar-refractivity contribution in [2.45, 2.75) is 39.2 Å². The first-order chi connectivity index (χ1) is 8.58. The Labute approximate surface area is 110 Å². The van der Waals surface area contributed by atoms with E-state index in [9.17, 15) is 0 Å². The fourth-order valence-electron chi connectivity index (χ4n) is 3.63. The molecule has 2 atom stereocenters. The van der Waals surface area contributed by atoms with Crippen LogP contribution in [0, 0.1) is 11.3 Å². The first-order valence-corrected chi connectivity index (χ1v) is 7.16. The summed E-state index contributed by atoms with van der Waals surface area (Å²) >= 11 is 0. The van der Waals surface area contributed by atoms with Gasteiger partial charge in [0, 0.05) is 24.8 Å². The molecule has 3 rings (SSSR count). The van der Waals surface area contributed by atoms with Gasteiger partial charge in [0.25, 0.3) is 0 Å². The van der Waals surface area contributed by atoms with Crippen molar-refractivity contribution in [2.75, 3.05) is 18.0 Å². The summed E-state index contributed by atoms with van der Waals surface area (Å²) in [5.41, 5.74) is 9.69. The van der Waals surface area contributed by atoms with Crippen molar-refractivity contribution >= 4 is 5.69 Å². The Morgan fingerprint density at radius 2 is 2.11 bits per heavy atom. The van der Waals surface area contributed by atoms with Crippen LogP contribution in [0.25, 0.3) is 0 Å². The van der Waals surface area contributed by atoms with Crippen molar-refractivity contribution in [1.29, 1.82) is 0 Å². The zero-order chi connectivity index (χ0) is 12.8. The van der Waals surface area contributed by atoms with Crippen LogP contribution in [-0.2, 0) is 6.42 Å². The standard InChI is InChI=1S/C16H24N2/c1-16(2)9-7-13(15(16)17)11-18-10-8-12-5-3-4-6-14(12)18/h3-6,13,15H,7-11,17H2,1-2H3. The molecule has 0 spiro atoms. The highest BCUT2D eigenvalue weighted by atomic mass is 15.2. The molecule has 2 aliphatic rings. The highest BCUT2D eigenvalue weighted by Gasteiger charge is 2.40. The molecule has 0 bridgehead atoms. The highest BCUT2D eigenvalue weighted by Crippen LogP contribution is 2.41. The molecule has 0 aromatic heterocycles. The van der Waals surface area contributed by atoms with Gasteiger partial charge >= 0.3 is 0 Å². The van der Waals surface area contributed by atoms with Crippen LogP contribution in [0.5, 0.6) is 0 Å². The van der Waals surface area contributed by atoms with Gasteiger partial charge in [-0.05, 0) is 42.2 Å². The summed E-state index contributed by atoms with van der Waals surface area (Å²) in [5.74, 6) is 0.658. The average Bonchev–Trinajstić information content (AvgIpc) is 2.87. The average molecular weight is 244 g/mol. The summed E-state index contributed by atoms with van der Waals surface area (Å²) in [5, 5.41) is 0. The number of nitrogens with zero attached hydrogens (tertiary/aromatic N) is 1. The number of benzene rings is 1. The van der Waals surface area contributed by atoms with E-state index in [1.165, 1.54) is 37.1 Å². The number of rotatable bonds is 2. The molecule has 2 nitrogen and oxygen atoms in total. The van der Waals surface area contributed by atoms with Gasteiger partial charge in [-0.3, -0.25) is 0 Å². The van der Waals surface area contributed by atoms with E-state index in [0.717, 1.165) is 6.54 Å². The molecular formula is C16H24N2. The quantitative estimate of drug-likeness (QED) is 0.867. The topological polar surface area (TPSA) is 29.3 Å². The summed E-state index contributed by atoms with van der Waals surface area (Å²) in [6.07, 6.45) is 3.75. The molecule has 0 radical (unpaired) electrons. The largest absolute Gasteiger partial charge is 0.371 e. The van der Waals surface area contributed by atoms with Gasteiger partial charge < -0.3 is 10.6 Å². The molecule has 1 aliphatic carbocycles. The summed E-state index contributed by atoms with van der Waals surface area (Å²) in [7, 11) is 0. The number of para-hydroxylation sites is 1. The fourth-order valence-corrected chi connectivity index (χ4v) is 3.63. The van der Waals surface area contributed by atoms with Crippen LogP contribution in [-0.4, -0.2) is 19.1 Å². The number of fused-ring (bicyclic) bond motifs is 1. The molecule has 1 aliphatic heterocycles. The predicted octanol–water partition coefficient (Wildman–Crippen LogP) is 2.81. The predicted molar refractivity (Wildman–Crippen MR) is 76.8 cm³/mol. The lowest BCUT2D eigenvalue weighted by molar-refractivity contribution is 0.301. The van der Waals surface area contributed by atoms with Gasteiger partial charge in [-0.15, -0.1) is 0 Å². The Bertz CT molecular complexity index is 438. The second-order valence-electron chi connectivity index (χ2n) is 6.64. The summed E-state index contributed by atoms with van der Waals surface area (Å²) in [6, 6.07) is 9.16. The fraction of sp³-hybridized carbons (Fsp3) is 0.625. The van der Waals surface area contributed by atoms with Gasteiger partial charge in [-0.2, -0.15) is 0 Å². The Hall–Kier alpha value is -1.02. The Kier molecular flexibility index (Phi) is 2.86. The number of hydrogen-bond acceptors (Lipinski definition) is 2. The van der Waals surface area contributed by atoms with Crippen molar-refractivity contribution in [3.05, 3.63) is 29.8 Å². The zero-order valence-corrected chi connectivity index (χ0v) is 11.5. The minimum atomic E-state index is 0.323. The van der Waals surface area contributed by atoms with Crippen LogP contribution < -0.4 is 10.6 Å². The Balaban J connectivity index is 1.72. The van der Waals surface area contributed by atoms with E-state index in [4.69, 9.17) is 5.73 Å². The van der Waals surface area contributed by atoms with E-state index in [-0.39, 0.29) is 0 Å². The maximum atomic E-state index is 6.43. The molecule has 2 heteroatoms. The first-order valence-electron chi connectivity index (χ1n) is 7.16. The van der Waals surface area contributed by atoms with Crippen molar-refractivity contribution in [3.8, 4) is 0 Å². The van der Waals surface area contributed by atoms with Crippen LogP contribution in [0.3, 0.4) is 0 Å². The lowest BCUT2D eigenvalue weighted by Crippen LogP contribution is -2.41. The number of nitrogens with two attached hydrogens (primary N) is 1. The number of hydrogen-bond donors (Lipinski definition) is 1. The highest BCUT2D eigenvalue weighted by molar-refractivity contribution is 5.57. The molecule has 18 heavy (non-hydrogen) atoms. The minimum Gasteiger partial charge on any atom is -0.371 e. The van der Waals surface area contributed by atoms with E-state index in [2.05, 4.69) is 43.0 Å². The third-order valence-corrected chi connectivity index (χ3v) is 5.01. The SMILES string of the molecule is CC1(C)CCC(CN2CCc3ccccc32)C1N. The van der Waals surface area contributed by atoms with Gasteiger partial charge in [-0.25, -0.2) is 0 Å². The van der Waals surface area contributed by atoms with Crippen molar-refractivity contribution in [2.24, 2.45) is 17.1 Å². The van der Waals surface area contributed by atoms with Gasteiger partial charge in [-0.1, -0.05) is 32.0 Å². The van der Waals surface area contributed by atoms with Gasteiger partial charge in [0.15, 0.2) is 0 Å². The summed E-state index contributed by atoms with van der Waals surface area (Å²) in [6.45, 7) is 6.94. The molecular weight excluding hydrogens is 220 g/mol. The zero-order valence-electron chi connectivity index (χ0n) is 11.5. The van der Waals surface area contributed by atoms with Crippen LogP contribution in [0.15, 0.2) is 24.3 Å². The van der Waals surface area contributed by atoms with E-state index in [1.807, 2.05) is 0 Å². The van der Waals surface area contributed by atoms with Crippen LogP contribution in [0.1, 0.15) is 32.3 Å². The summed E-state index contributed by atoms with van der Waals surface area (Å²) in [4.78, 5) is 2.54. The van der Waals surface area contributed by atoms with Crippen molar-refractivity contribution in [3.63, 3.8) is 0 Å². The smallest absolute Gasteiger partial charge is 0.0399 e. The molecule has 0 amide bonds. The summed E-state index contributed by atoms with van der Waals surface area (Å²) < 4.78 is 0. The molecule has 1 fully saturated rings. The van der Waals surface area contributed by atoms with E-state index in [0.29, 0.717) is 17.4 Å². The van der Waals surface area contributed by atoms with Crippen molar-refractivity contribution < 1.29 is 0 Å². The van der Waals surface area contributed by atoms with E-state index in [1.54, 1.807) is 0 Å². The maximum Gasteiger partial charge on any atom is 0.0399 e. The van der Waals surface area contributed by atoms with Gasteiger partial charge in [0.1, 0.15) is 0 Å². The van der Waals surface area contributed by atoms with Gasteiger partial charge in [0.2, 0.25) is 0 Å². The van der Waals surface area contributed by atoms with Gasteiger partial charge in [0.05, 0.1) is 0 Å². The lowest BCUT2D eigenvalue weighted by atomic mass is 9.85. The maximum absolute atomic E-state index is 6.43. The molecule has 2 unspecified atom stereocenters. The van der Waals surface area contributed by atoms with Crippen LogP contribution >= 0.6 is 0 Å². The molecule has 98 valence electrons. The minimum absolute atomic E-state index is 0.323. The molecule has 1 heterocycles. The molecule has 0 saturated heterocycles. The Morgan fingerprint density at radius 1 is 1.33 bits per heavy atom. The van der Waals surface area contributed by atoms with E-state index >= 15 is 0 Å². The molecule has 1 aromatic rings. The normalized spacial score (nSPS) is 29.6. The molecule has 2 N–H and O–H groups in total. The van der Waals surface area contributed by atoms with Crippen molar-refractivity contribution in [1.82, 2.24) is 0 Å². The van der Waals surface area contributed by atoms with Crippen LogP contribution in [0.2, 0.25) is 0 Å². The Morgan fingerprint density at radius 3 is 2.83 bits per heavy atom. The lowest BCUT2D eigenvalue weighted by Gasteiger charge is -2.30. The first kappa shape index (κ1) is 12.0. The van der Waals surface area contributed by atoms with E-state index < -0.39 is 0 Å². The second kappa shape index (κ2) is 4.27. The number of anilines is 1. The van der Waals surface area contributed by atoms with Crippen LogP contribution in [0.4, 0.5) is 5.69 Å².